The molecule has 5 heteroatoms. The first-order chi connectivity index (χ1) is 9.58. The van der Waals surface area contributed by atoms with Crippen molar-refractivity contribution in [3.63, 3.8) is 0 Å². The van der Waals surface area contributed by atoms with E-state index in [1.54, 1.807) is 0 Å². The van der Waals surface area contributed by atoms with Crippen LogP contribution in [-0.4, -0.2) is 29.4 Å². The average Bonchev–Trinajstić information content (AvgIpc) is 2.84. The van der Waals surface area contributed by atoms with Gasteiger partial charge >= 0.3 is 0 Å². The fraction of sp³-hybridized carbons (Fsp3) is 0.688. The number of aryl methyl sites for hydroxylation is 2. The lowest BCUT2D eigenvalue weighted by Crippen LogP contribution is -2.51. The zero-order chi connectivity index (χ0) is 14.5. The van der Waals surface area contributed by atoms with Crippen LogP contribution >= 0.6 is 23.7 Å². The summed E-state index contributed by atoms with van der Waals surface area (Å²) in [5, 5.41) is 0. The van der Waals surface area contributed by atoms with Gasteiger partial charge in [-0.25, -0.2) is 0 Å². The number of rotatable bonds is 5. The molecule has 1 aliphatic rings. The summed E-state index contributed by atoms with van der Waals surface area (Å²) in [5.41, 5.74) is 6.03. The molecule has 0 saturated carbocycles. The zero-order valence-electron chi connectivity index (χ0n) is 13.0. The highest BCUT2D eigenvalue weighted by Gasteiger charge is 2.28. The Morgan fingerprint density at radius 2 is 2.24 bits per heavy atom. The first kappa shape index (κ1) is 18.5. The van der Waals surface area contributed by atoms with E-state index in [0.717, 1.165) is 32.2 Å². The van der Waals surface area contributed by atoms with Crippen LogP contribution in [0, 0.1) is 6.92 Å². The Morgan fingerprint density at radius 3 is 2.86 bits per heavy atom. The van der Waals surface area contributed by atoms with Crippen molar-refractivity contribution in [2.45, 2.75) is 64.5 Å². The largest absolute Gasteiger partial charge is 0.338 e. The fourth-order valence-corrected chi connectivity index (χ4v) is 3.92. The standard InChI is InChI=1S/C16H26N2OS.ClH/c1-12-9-10-14(20-12)6-5-8-16(19)18-11-4-3-7-15(18)13(2)17;/h9-10,13,15H,3-8,11,17H2,1-2H3;1H. The van der Waals surface area contributed by atoms with Crippen molar-refractivity contribution in [1.82, 2.24) is 4.90 Å². The van der Waals surface area contributed by atoms with E-state index in [9.17, 15) is 4.79 Å². The highest BCUT2D eigenvalue weighted by atomic mass is 35.5. The highest BCUT2D eigenvalue weighted by Crippen LogP contribution is 2.21. The number of hydrogen-bond donors (Lipinski definition) is 1. The number of likely N-dealkylation sites (tertiary alicyclic amines) is 1. The molecule has 1 saturated heterocycles. The lowest BCUT2D eigenvalue weighted by atomic mass is 9.96. The minimum atomic E-state index is 0. The van der Waals surface area contributed by atoms with Crippen LogP contribution in [0.1, 0.15) is 48.8 Å². The molecule has 0 bridgehead atoms. The van der Waals surface area contributed by atoms with E-state index in [0.29, 0.717) is 12.3 Å². The third-order valence-electron chi connectivity index (χ3n) is 4.09. The van der Waals surface area contributed by atoms with Crippen molar-refractivity contribution < 1.29 is 4.79 Å². The lowest BCUT2D eigenvalue weighted by Gasteiger charge is -2.38. The van der Waals surface area contributed by atoms with Crippen molar-refractivity contribution in [3.8, 4) is 0 Å². The maximum Gasteiger partial charge on any atom is 0.222 e. The third kappa shape index (κ3) is 5.28. The Morgan fingerprint density at radius 1 is 1.48 bits per heavy atom. The molecule has 1 aliphatic heterocycles. The van der Waals surface area contributed by atoms with Crippen molar-refractivity contribution in [3.05, 3.63) is 21.9 Å². The Balaban J connectivity index is 0.00000220. The first-order valence-electron chi connectivity index (χ1n) is 7.68. The quantitative estimate of drug-likeness (QED) is 0.897. The summed E-state index contributed by atoms with van der Waals surface area (Å²) in [6.45, 7) is 5.04. The van der Waals surface area contributed by atoms with Gasteiger partial charge in [0.25, 0.3) is 0 Å². The second-order valence-corrected chi connectivity index (χ2v) is 7.25. The summed E-state index contributed by atoms with van der Waals surface area (Å²) in [6.07, 6.45) is 6.00. The predicted molar refractivity (Wildman–Crippen MR) is 92.2 cm³/mol. The molecule has 21 heavy (non-hydrogen) atoms. The molecule has 3 nitrogen and oxygen atoms in total. The monoisotopic (exact) mass is 330 g/mol. The molecule has 2 atom stereocenters. The van der Waals surface area contributed by atoms with Crippen molar-refractivity contribution >= 4 is 29.7 Å². The van der Waals surface area contributed by atoms with Gasteiger partial charge in [-0.3, -0.25) is 4.79 Å². The topological polar surface area (TPSA) is 46.3 Å². The number of nitrogens with two attached hydrogens (primary N) is 1. The van der Waals surface area contributed by atoms with E-state index >= 15 is 0 Å². The Kier molecular flexibility index (Phi) is 7.71. The summed E-state index contributed by atoms with van der Waals surface area (Å²) in [6, 6.07) is 4.66. The Hall–Kier alpha value is -0.580. The molecule has 0 aliphatic carbocycles. The molecular weight excluding hydrogens is 304 g/mol. The number of carbonyl (C=O) groups is 1. The van der Waals surface area contributed by atoms with Crippen molar-refractivity contribution in [1.29, 1.82) is 0 Å². The van der Waals surface area contributed by atoms with Gasteiger partial charge < -0.3 is 10.6 Å². The summed E-state index contributed by atoms with van der Waals surface area (Å²) in [4.78, 5) is 17.2. The third-order valence-corrected chi connectivity index (χ3v) is 5.15. The van der Waals surface area contributed by atoms with E-state index in [1.807, 2.05) is 23.2 Å². The number of thiophene rings is 1. The molecule has 0 aromatic carbocycles. The molecule has 1 aromatic rings. The molecule has 2 heterocycles. The Bertz CT molecular complexity index is 447. The predicted octanol–water partition coefficient (Wildman–Crippen LogP) is 3.53. The molecular formula is C16H27ClN2OS. The maximum absolute atomic E-state index is 12.4. The lowest BCUT2D eigenvalue weighted by molar-refractivity contribution is -0.135. The van der Waals surface area contributed by atoms with E-state index < -0.39 is 0 Å². The number of hydrogen-bond acceptors (Lipinski definition) is 3. The van der Waals surface area contributed by atoms with Crippen molar-refractivity contribution in [2.75, 3.05) is 6.54 Å². The minimum absolute atomic E-state index is 0. The number of nitrogens with zero attached hydrogens (tertiary/aromatic N) is 1. The molecule has 120 valence electrons. The van der Waals surface area contributed by atoms with Crippen LogP contribution in [0.4, 0.5) is 0 Å². The van der Waals surface area contributed by atoms with Gasteiger partial charge in [-0.1, -0.05) is 0 Å². The molecule has 2 N–H and O–H groups in total. The molecule has 2 rings (SSSR count). The van der Waals surface area contributed by atoms with E-state index in [1.165, 1.54) is 16.2 Å². The minimum Gasteiger partial charge on any atom is -0.338 e. The van der Waals surface area contributed by atoms with E-state index in [-0.39, 0.29) is 24.5 Å². The maximum atomic E-state index is 12.4. The fourth-order valence-electron chi connectivity index (χ4n) is 2.99. The van der Waals surface area contributed by atoms with Crippen LogP contribution in [0.15, 0.2) is 12.1 Å². The van der Waals surface area contributed by atoms with Crippen molar-refractivity contribution in [2.24, 2.45) is 5.73 Å². The van der Waals surface area contributed by atoms with E-state index in [4.69, 9.17) is 5.73 Å². The summed E-state index contributed by atoms with van der Waals surface area (Å²) in [5.74, 6) is 0.292. The van der Waals surface area contributed by atoms with Crippen LogP contribution in [0.5, 0.6) is 0 Å². The smallest absolute Gasteiger partial charge is 0.222 e. The number of carbonyl (C=O) groups excluding carboxylic acids is 1. The van der Waals surface area contributed by atoms with E-state index in [2.05, 4.69) is 19.1 Å². The summed E-state index contributed by atoms with van der Waals surface area (Å²) in [7, 11) is 0. The summed E-state index contributed by atoms with van der Waals surface area (Å²) >= 11 is 1.84. The van der Waals surface area contributed by atoms with Crippen LogP contribution in [0.2, 0.25) is 0 Å². The number of amides is 1. The second kappa shape index (κ2) is 8.76. The number of piperidine rings is 1. The second-order valence-electron chi connectivity index (χ2n) is 5.88. The van der Waals surface area contributed by atoms with Gasteiger partial charge in [0.05, 0.1) is 0 Å². The summed E-state index contributed by atoms with van der Waals surface area (Å²) < 4.78 is 0. The molecule has 1 fully saturated rings. The number of halogens is 1. The molecule has 0 radical (unpaired) electrons. The highest BCUT2D eigenvalue weighted by molar-refractivity contribution is 7.11. The molecule has 2 unspecified atom stereocenters. The van der Waals surface area contributed by atoms with Crippen LogP contribution in [-0.2, 0) is 11.2 Å². The molecule has 1 aromatic heterocycles. The van der Waals surface area contributed by atoms with Gasteiger partial charge in [0.2, 0.25) is 5.91 Å². The SMILES string of the molecule is Cc1ccc(CCCC(=O)N2CCCCC2C(C)N)s1.Cl. The van der Waals surface area contributed by atoms with Gasteiger partial charge in [-0.2, -0.15) is 0 Å². The molecule has 1 amide bonds. The van der Waals surface area contributed by atoms with Gasteiger partial charge in [0, 0.05) is 34.8 Å². The first-order valence-corrected chi connectivity index (χ1v) is 8.50. The zero-order valence-corrected chi connectivity index (χ0v) is 14.6. The normalized spacial score (nSPS) is 20.0. The van der Waals surface area contributed by atoms with Crippen LogP contribution in [0.3, 0.4) is 0 Å². The van der Waals surface area contributed by atoms with Gasteiger partial charge in [-0.05, 0) is 58.1 Å². The van der Waals surface area contributed by atoms with Crippen LogP contribution < -0.4 is 5.73 Å². The van der Waals surface area contributed by atoms with Gasteiger partial charge in [0.15, 0.2) is 0 Å². The van der Waals surface area contributed by atoms with Gasteiger partial charge in [-0.15, -0.1) is 23.7 Å². The average molecular weight is 331 g/mol. The molecule has 0 spiro atoms. The van der Waals surface area contributed by atoms with Gasteiger partial charge in [0.1, 0.15) is 0 Å². The Labute approximate surface area is 138 Å². The van der Waals surface area contributed by atoms with Crippen LogP contribution in [0.25, 0.3) is 0 Å².